The van der Waals surface area contributed by atoms with E-state index in [2.05, 4.69) is 14.8 Å². The Balaban J connectivity index is 2.42. The molecule has 11 heteroatoms. The number of aromatic nitrogens is 3. The van der Waals surface area contributed by atoms with Crippen molar-refractivity contribution in [2.75, 3.05) is 7.11 Å². The molecule has 1 aliphatic rings. The molecule has 8 nitrogen and oxygen atoms in total. The van der Waals surface area contributed by atoms with Gasteiger partial charge in [0.1, 0.15) is 6.42 Å². The summed E-state index contributed by atoms with van der Waals surface area (Å²) < 4.78 is 55.7. The van der Waals surface area contributed by atoms with Gasteiger partial charge in [-0.15, -0.1) is 5.10 Å². The fraction of sp³-hybridized carbons (Fsp3) is 0.600. The number of aryl methyl sites for hydroxylation is 1. The number of nitrogens with zero attached hydrogens (tertiary/aromatic N) is 3. The predicted octanol–water partition coefficient (Wildman–Crippen LogP) is 0.184. The lowest BCUT2D eigenvalue weighted by Crippen LogP contribution is -2.29. The Morgan fingerprint density at radius 3 is 2.71 bits per heavy atom. The number of hydrogen-bond acceptors (Lipinski definition) is 7. The number of carbonyl (C=O) groups excluding carboxylic acids is 2. The van der Waals surface area contributed by atoms with E-state index in [0.29, 0.717) is 0 Å². The zero-order valence-electron chi connectivity index (χ0n) is 10.9. The Bertz CT molecular complexity index is 698. The van der Waals surface area contributed by atoms with Gasteiger partial charge in [0.25, 0.3) is 15.0 Å². The van der Waals surface area contributed by atoms with Gasteiger partial charge in [0.05, 0.1) is 7.11 Å². The van der Waals surface area contributed by atoms with Gasteiger partial charge in [-0.1, -0.05) is 0 Å². The molecule has 1 aromatic rings. The van der Waals surface area contributed by atoms with Crippen LogP contribution in [0.25, 0.3) is 0 Å². The molecule has 0 spiro atoms. The van der Waals surface area contributed by atoms with E-state index in [1.165, 1.54) is 0 Å². The van der Waals surface area contributed by atoms with Crippen LogP contribution in [0, 0.1) is 0 Å². The molecular formula is C10H11F2N3O5S. The first kappa shape index (κ1) is 15.5. The Morgan fingerprint density at radius 2 is 2.10 bits per heavy atom. The number of carbonyl (C=O) groups is 2. The van der Waals surface area contributed by atoms with Crippen molar-refractivity contribution >= 4 is 21.6 Å². The highest BCUT2D eigenvalue weighted by Gasteiger charge is 2.50. The summed E-state index contributed by atoms with van der Waals surface area (Å²) in [6.07, 6.45) is -1.67. The van der Waals surface area contributed by atoms with Gasteiger partial charge in [-0.25, -0.2) is 13.1 Å². The Kier molecular flexibility index (Phi) is 3.78. The maximum atomic E-state index is 13.6. The minimum Gasteiger partial charge on any atom is -0.469 e. The summed E-state index contributed by atoms with van der Waals surface area (Å²) >= 11 is 0. The van der Waals surface area contributed by atoms with E-state index in [1.807, 2.05) is 0 Å². The average molecular weight is 323 g/mol. The second-order valence-electron chi connectivity index (χ2n) is 4.36. The number of fused-ring (bicyclic) bond motifs is 1. The zero-order valence-corrected chi connectivity index (χ0v) is 11.7. The van der Waals surface area contributed by atoms with E-state index in [-0.39, 0.29) is 13.0 Å². The number of halogens is 2. The minimum absolute atomic E-state index is 0.108. The highest BCUT2D eigenvalue weighted by atomic mass is 32.2. The molecule has 116 valence electrons. The third-order valence-corrected chi connectivity index (χ3v) is 4.66. The van der Waals surface area contributed by atoms with Crippen molar-refractivity contribution in [3.63, 3.8) is 0 Å². The smallest absolute Gasteiger partial charge is 0.353 e. The molecule has 0 amide bonds. The van der Waals surface area contributed by atoms with Gasteiger partial charge < -0.3 is 4.74 Å². The molecule has 2 heterocycles. The zero-order chi connectivity index (χ0) is 15.8. The first-order valence-corrected chi connectivity index (χ1v) is 7.34. The standard InChI is InChI=1S/C10H11F2N3O5S/c1-20-7(17)5-6(16)8-13-9-15(14-8)4-2-3-10(11,12)21(9,18)19/h2-5H2,1H3. The summed E-state index contributed by atoms with van der Waals surface area (Å²) in [5, 5.41) is -1.33. The number of ether oxygens (including phenoxy) is 1. The molecule has 0 saturated heterocycles. The molecule has 1 aromatic heterocycles. The molecule has 0 N–H and O–H groups in total. The first-order chi connectivity index (χ1) is 9.69. The summed E-state index contributed by atoms with van der Waals surface area (Å²) in [7, 11) is -3.95. The van der Waals surface area contributed by atoms with Crippen molar-refractivity contribution < 1.29 is 31.5 Å². The van der Waals surface area contributed by atoms with Crippen molar-refractivity contribution in [2.24, 2.45) is 0 Å². The molecule has 0 fully saturated rings. The van der Waals surface area contributed by atoms with Crippen molar-refractivity contribution in [1.82, 2.24) is 14.8 Å². The SMILES string of the molecule is COC(=O)CC(=O)c1nc2n(n1)CCCC(F)(F)S2(=O)=O. The number of esters is 1. The van der Waals surface area contributed by atoms with Crippen LogP contribution >= 0.6 is 0 Å². The summed E-state index contributed by atoms with van der Waals surface area (Å²) in [6, 6.07) is 0. The quantitative estimate of drug-likeness (QED) is 0.443. The molecule has 21 heavy (non-hydrogen) atoms. The van der Waals surface area contributed by atoms with Crippen LogP contribution in [-0.2, 0) is 25.9 Å². The number of alkyl halides is 2. The lowest BCUT2D eigenvalue weighted by molar-refractivity contribution is -0.139. The Labute approximate surface area is 118 Å². The largest absolute Gasteiger partial charge is 0.469 e. The minimum atomic E-state index is -5.02. The molecule has 1 aliphatic heterocycles. The van der Waals surface area contributed by atoms with Gasteiger partial charge >= 0.3 is 11.2 Å². The monoisotopic (exact) mass is 323 g/mol. The van der Waals surface area contributed by atoms with Crippen LogP contribution in [0.1, 0.15) is 29.9 Å². The van der Waals surface area contributed by atoms with Crippen molar-refractivity contribution in [2.45, 2.75) is 36.2 Å². The second-order valence-corrected chi connectivity index (χ2v) is 6.33. The second kappa shape index (κ2) is 5.13. The van der Waals surface area contributed by atoms with Crippen molar-refractivity contribution in [3.8, 4) is 0 Å². The van der Waals surface area contributed by atoms with Gasteiger partial charge in [0.15, 0.2) is 0 Å². The van der Waals surface area contributed by atoms with E-state index in [9.17, 15) is 26.8 Å². The number of sulfone groups is 1. The molecule has 0 atom stereocenters. The summed E-state index contributed by atoms with van der Waals surface area (Å²) in [4.78, 5) is 26.0. The fourth-order valence-corrected chi connectivity index (χ4v) is 3.07. The average Bonchev–Trinajstić information content (AvgIpc) is 2.79. The van der Waals surface area contributed by atoms with E-state index in [1.54, 1.807) is 0 Å². The van der Waals surface area contributed by atoms with E-state index in [0.717, 1.165) is 11.8 Å². The third kappa shape index (κ3) is 2.64. The van der Waals surface area contributed by atoms with Crippen LogP contribution in [0.3, 0.4) is 0 Å². The lowest BCUT2D eigenvalue weighted by Gasteiger charge is -2.11. The first-order valence-electron chi connectivity index (χ1n) is 5.86. The Morgan fingerprint density at radius 1 is 1.43 bits per heavy atom. The number of methoxy groups -OCH3 is 1. The summed E-state index contributed by atoms with van der Waals surface area (Å²) in [6.45, 7) is -0.108. The van der Waals surface area contributed by atoms with Crippen LogP contribution in [0.15, 0.2) is 5.16 Å². The normalized spacial score (nSPS) is 19.4. The summed E-state index contributed by atoms with van der Waals surface area (Å²) in [5.74, 6) is -2.37. The lowest BCUT2D eigenvalue weighted by atomic mass is 10.3. The number of Topliss-reactive ketones (excluding diaryl/α,β-unsaturated/α-hetero) is 1. The molecule has 0 aromatic carbocycles. The topological polar surface area (TPSA) is 108 Å². The molecule has 2 rings (SSSR count). The highest BCUT2D eigenvalue weighted by Crippen LogP contribution is 2.35. The number of rotatable bonds is 3. The van der Waals surface area contributed by atoms with Crippen LogP contribution in [0.4, 0.5) is 8.78 Å². The van der Waals surface area contributed by atoms with Crippen molar-refractivity contribution in [3.05, 3.63) is 5.82 Å². The molecule has 0 bridgehead atoms. The van der Waals surface area contributed by atoms with Crippen LogP contribution in [0.2, 0.25) is 0 Å². The highest BCUT2D eigenvalue weighted by molar-refractivity contribution is 7.92. The molecule has 0 unspecified atom stereocenters. The van der Waals surface area contributed by atoms with E-state index in [4.69, 9.17) is 0 Å². The Hall–Kier alpha value is -1.91. The van der Waals surface area contributed by atoms with Gasteiger partial charge in [-0.05, 0) is 6.42 Å². The van der Waals surface area contributed by atoms with Gasteiger partial charge in [0, 0.05) is 13.0 Å². The number of ketones is 1. The maximum absolute atomic E-state index is 13.6. The molecular weight excluding hydrogens is 312 g/mol. The van der Waals surface area contributed by atoms with Gasteiger partial charge in [-0.3, -0.25) is 9.59 Å². The van der Waals surface area contributed by atoms with Crippen LogP contribution in [0.5, 0.6) is 0 Å². The van der Waals surface area contributed by atoms with Crippen LogP contribution in [-0.4, -0.2) is 47.3 Å². The van der Waals surface area contributed by atoms with Gasteiger partial charge in [-0.2, -0.15) is 13.8 Å². The molecule has 0 saturated carbocycles. The van der Waals surface area contributed by atoms with Gasteiger partial charge in [0.2, 0.25) is 11.6 Å². The maximum Gasteiger partial charge on any atom is 0.353 e. The predicted molar refractivity (Wildman–Crippen MR) is 62.4 cm³/mol. The molecule has 0 aliphatic carbocycles. The van der Waals surface area contributed by atoms with E-state index < -0.39 is 50.7 Å². The van der Waals surface area contributed by atoms with Crippen LogP contribution < -0.4 is 0 Å². The third-order valence-electron chi connectivity index (χ3n) is 2.89. The van der Waals surface area contributed by atoms with Crippen molar-refractivity contribution in [1.29, 1.82) is 0 Å². The van der Waals surface area contributed by atoms with E-state index >= 15 is 0 Å². The summed E-state index contributed by atoms with van der Waals surface area (Å²) in [5.41, 5.74) is 0. The molecule has 0 radical (unpaired) electrons. The number of hydrogen-bond donors (Lipinski definition) is 0. The fourth-order valence-electron chi connectivity index (χ4n) is 1.78.